The molecule has 0 aromatic carbocycles. The van der Waals surface area contributed by atoms with E-state index in [2.05, 4.69) is 24.5 Å². The standard InChI is InChI=1S/C82H156N2O21/c1-4-6-8-10-12-14-16-18-20-22-24-26-27-28-29-30-31-32-33-34-36-38-40-42-44-46-48-50-52-54-56-69(92)84-63(64(89)55-53-51-49-47-45-43-41-39-37-35-25-23-21-19-17-15-13-11-9-7-5-2)61-100-79-74(96)73(95)76(68(60-87)102-79)103-80-75(97)78(72(94)67(59-86)101-80)105-82(81(98)99)57-65(90)70(83-62(3)88)77(104-82)71(93)66(91)58-85/h63-68,70-80,85-87,89-91,93-97H,4-61H2,1-3H3,(H,83,88)(H,84,92)(H,98,99). The Morgan fingerprint density at radius 3 is 1.19 bits per heavy atom. The molecule has 0 radical (unpaired) electrons. The van der Waals surface area contributed by atoms with Crippen molar-refractivity contribution >= 4 is 17.8 Å². The summed E-state index contributed by atoms with van der Waals surface area (Å²) < 4.78 is 35.0. The summed E-state index contributed by atoms with van der Waals surface area (Å²) in [5, 5.41) is 137. The van der Waals surface area contributed by atoms with E-state index in [1.54, 1.807) is 0 Å². The first-order valence-corrected chi connectivity index (χ1v) is 42.9. The van der Waals surface area contributed by atoms with Gasteiger partial charge in [0.25, 0.3) is 5.79 Å². The SMILES string of the molecule is CCCCCCCCCCCCCCCCCCCCCCCCCCCCCCCCC(=O)NC(COC1OC(CO)C(OC2OC(CO)C(O)C(OC3(C(=O)O)CC(O)C(NC(C)=O)C(C(O)C(O)CO)O3)C2O)C(O)C1O)C(O)CCCCCCCCCCCCCCCCCCCCCCC. The van der Waals surface area contributed by atoms with E-state index < -0.39 is 148 Å². The zero-order chi connectivity index (χ0) is 76.7. The van der Waals surface area contributed by atoms with Gasteiger partial charge < -0.3 is 100 Å². The van der Waals surface area contributed by atoms with Gasteiger partial charge in [-0.2, -0.15) is 0 Å². The highest BCUT2D eigenvalue weighted by molar-refractivity contribution is 5.77. The second-order valence-electron chi connectivity index (χ2n) is 31.4. The zero-order valence-corrected chi connectivity index (χ0v) is 65.9. The van der Waals surface area contributed by atoms with Gasteiger partial charge in [-0.3, -0.25) is 9.59 Å². The van der Waals surface area contributed by atoms with Gasteiger partial charge >= 0.3 is 5.97 Å². The molecule has 0 bridgehead atoms. The van der Waals surface area contributed by atoms with Crippen molar-refractivity contribution in [3.05, 3.63) is 0 Å². The second kappa shape index (κ2) is 61.3. The number of carboxylic acids is 1. The molecule has 3 heterocycles. The fraction of sp³-hybridized carbons (Fsp3) is 0.963. The molecule has 14 N–H and O–H groups in total. The highest BCUT2D eigenvalue weighted by atomic mass is 16.8. The van der Waals surface area contributed by atoms with Crippen LogP contribution in [0, 0.1) is 0 Å². The Morgan fingerprint density at radius 2 is 0.829 bits per heavy atom. The van der Waals surface area contributed by atoms with E-state index in [0.29, 0.717) is 19.3 Å². The van der Waals surface area contributed by atoms with Gasteiger partial charge in [-0.15, -0.1) is 0 Å². The summed E-state index contributed by atoms with van der Waals surface area (Å²) in [6.45, 7) is 2.28. The lowest BCUT2D eigenvalue weighted by Crippen LogP contribution is -2.70. The third-order valence-electron chi connectivity index (χ3n) is 22.1. The number of hydrogen-bond acceptors (Lipinski definition) is 20. The van der Waals surface area contributed by atoms with Crippen LogP contribution in [-0.4, -0.2) is 215 Å². The quantitative estimate of drug-likeness (QED) is 0.0252. The molecule has 620 valence electrons. The molecule has 0 aliphatic carbocycles. The molecule has 0 aromatic heterocycles. The van der Waals surface area contributed by atoms with E-state index in [0.717, 1.165) is 51.9 Å². The van der Waals surface area contributed by atoms with Crippen LogP contribution >= 0.6 is 0 Å². The van der Waals surface area contributed by atoms with Crippen molar-refractivity contribution in [1.29, 1.82) is 0 Å². The molecule has 3 aliphatic heterocycles. The Balaban J connectivity index is 1.47. The summed E-state index contributed by atoms with van der Waals surface area (Å²) in [6, 6.07) is -2.53. The number of carbonyl (C=O) groups is 3. The van der Waals surface area contributed by atoms with Crippen molar-refractivity contribution < 1.29 is 104 Å². The van der Waals surface area contributed by atoms with Crippen molar-refractivity contribution in [2.45, 2.75) is 477 Å². The van der Waals surface area contributed by atoms with E-state index in [9.17, 15) is 75.7 Å². The molecule has 3 aliphatic rings. The molecule has 3 rings (SSSR count). The Kier molecular flexibility index (Phi) is 56.6. The average Bonchev–Trinajstić information content (AvgIpc) is 0.755. The number of aliphatic hydroxyl groups is 11. The minimum atomic E-state index is -3.08. The van der Waals surface area contributed by atoms with Crippen molar-refractivity contribution in [2.75, 3.05) is 26.4 Å². The van der Waals surface area contributed by atoms with Gasteiger partial charge in [0, 0.05) is 19.8 Å². The second-order valence-corrected chi connectivity index (χ2v) is 31.4. The fourth-order valence-corrected chi connectivity index (χ4v) is 15.3. The zero-order valence-electron chi connectivity index (χ0n) is 65.9. The van der Waals surface area contributed by atoms with Crippen LogP contribution in [0.5, 0.6) is 0 Å². The summed E-state index contributed by atoms with van der Waals surface area (Å²) in [7, 11) is 0. The van der Waals surface area contributed by atoms with E-state index in [4.69, 9.17) is 28.4 Å². The van der Waals surface area contributed by atoms with Crippen molar-refractivity contribution in [3.8, 4) is 0 Å². The van der Waals surface area contributed by atoms with Crippen LogP contribution in [0.1, 0.15) is 367 Å². The van der Waals surface area contributed by atoms with Crippen molar-refractivity contribution in [2.24, 2.45) is 0 Å². The lowest BCUT2D eigenvalue weighted by Gasteiger charge is -2.50. The van der Waals surface area contributed by atoms with Crippen LogP contribution in [0.2, 0.25) is 0 Å². The first-order valence-electron chi connectivity index (χ1n) is 42.9. The van der Waals surface area contributed by atoms with Gasteiger partial charge in [-0.1, -0.05) is 335 Å². The Morgan fingerprint density at radius 1 is 0.457 bits per heavy atom. The van der Waals surface area contributed by atoms with Gasteiger partial charge in [0.05, 0.1) is 50.7 Å². The number of unbranched alkanes of at least 4 members (excludes halogenated alkanes) is 49. The van der Waals surface area contributed by atoms with E-state index in [1.807, 2.05) is 0 Å². The molecule has 0 aromatic rings. The molecule has 18 atom stereocenters. The van der Waals surface area contributed by atoms with Gasteiger partial charge in [0.1, 0.15) is 67.1 Å². The van der Waals surface area contributed by atoms with Crippen LogP contribution in [0.25, 0.3) is 0 Å². The number of aliphatic carboxylic acids is 1. The Hall–Kier alpha value is -2.27. The maximum absolute atomic E-state index is 13.6. The Bertz CT molecular complexity index is 2090. The molecular formula is C82H156N2O21. The number of carbonyl (C=O) groups excluding carboxylic acids is 2. The summed E-state index contributed by atoms with van der Waals surface area (Å²) in [6.07, 6.45) is 36.7. The number of hydrogen-bond donors (Lipinski definition) is 14. The number of nitrogens with one attached hydrogen (secondary N) is 2. The maximum Gasteiger partial charge on any atom is 0.364 e. The topological polar surface area (TPSA) is 373 Å². The molecule has 2 amide bonds. The van der Waals surface area contributed by atoms with Crippen LogP contribution in [0.4, 0.5) is 0 Å². The smallest absolute Gasteiger partial charge is 0.364 e. The summed E-state index contributed by atoms with van der Waals surface area (Å²) >= 11 is 0. The third-order valence-corrected chi connectivity index (χ3v) is 22.1. The molecule has 0 spiro atoms. The predicted molar refractivity (Wildman–Crippen MR) is 408 cm³/mol. The first kappa shape index (κ1) is 96.9. The monoisotopic (exact) mass is 1510 g/mol. The summed E-state index contributed by atoms with van der Waals surface area (Å²) in [4.78, 5) is 38.8. The molecule has 3 saturated heterocycles. The van der Waals surface area contributed by atoms with Crippen LogP contribution in [0.3, 0.4) is 0 Å². The molecule has 23 heteroatoms. The molecular weight excluding hydrogens is 1350 g/mol. The maximum atomic E-state index is 13.6. The number of rotatable bonds is 69. The van der Waals surface area contributed by atoms with Gasteiger partial charge in [0.15, 0.2) is 12.6 Å². The molecule has 23 nitrogen and oxygen atoms in total. The fourth-order valence-electron chi connectivity index (χ4n) is 15.3. The first-order chi connectivity index (χ1) is 50.9. The lowest BCUT2D eigenvalue weighted by atomic mass is 9.88. The van der Waals surface area contributed by atoms with Crippen LogP contribution in [0.15, 0.2) is 0 Å². The van der Waals surface area contributed by atoms with E-state index in [1.165, 1.54) is 270 Å². The van der Waals surface area contributed by atoms with Crippen molar-refractivity contribution in [3.63, 3.8) is 0 Å². The van der Waals surface area contributed by atoms with Gasteiger partial charge in [0.2, 0.25) is 11.8 Å². The number of aliphatic hydroxyl groups excluding tert-OH is 11. The van der Waals surface area contributed by atoms with Crippen molar-refractivity contribution in [1.82, 2.24) is 10.6 Å². The number of ether oxygens (including phenoxy) is 6. The van der Waals surface area contributed by atoms with E-state index >= 15 is 0 Å². The lowest BCUT2D eigenvalue weighted by molar-refractivity contribution is -0.386. The largest absolute Gasteiger partial charge is 0.477 e. The Labute approximate surface area is 633 Å². The minimum Gasteiger partial charge on any atom is -0.477 e. The average molecular weight is 1510 g/mol. The molecule has 0 saturated carbocycles. The highest BCUT2D eigenvalue weighted by Crippen LogP contribution is 2.39. The summed E-state index contributed by atoms with van der Waals surface area (Å²) in [5.74, 6) is -6.09. The normalized spacial score (nSPS) is 26.2. The molecule has 18 unspecified atom stereocenters. The third kappa shape index (κ3) is 41.2. The van der Waals surface area contributed by atoms with E-state index in [-0.39, 0.29) is 18.9 Å². The summed E-state index contributed by atoms with van der Waals surface area (Å²) in [5.41, 5.74) is 0. The number of carboxylic acid groups (broad SMARTS) is 1. The molecule has 3 fully saturated rings. The molecule has 105 heavy (non-hydrogen) atoms. The van der Waals surface area contributed by atoms with Gasteiger partial charge in [-0.05, 0) is 12.8 Å². The van der Waals surface area contributed by atoms with Gasteiger partial charge in [-0.25, -0.2) is 4.79 Å². The highest BCUT2D eigenvalue weighted by Gasteiger charge is 2.60. The van der Waals surface area contributed by atoms with Crippen LogP contribution in [-0.2, 0) is 42.8 Å². The number of amides is 2. The predicted octanol–water partition coefficient (Wildman–Crippen LogP) is 12.4. The minimum absolute atomic E-state index is 0.230. The van der Waals surface area contributed by atoms with Crippen LogP contribution < -0.4 is 10.6 Å².